The molecule has 4 rings (SSSR count). The summed E-state index contributed by atoms with van der Waals surface area (Å²) in [5, 5.41) is 19.1. The second kappa shape index (κ2) is 11.2. The lowest BCUT2D eigenvalue weighted by Gasteiger charge is -2.15. The number of aliphatic hydroxyl groups is 1. The number of esters is 1. The van der Waals surface area contributed by atoms with E-state index in [1.165, 1.54) is 35.9 Å². The third-order valence-electron chi connectivity index (χ3n) is 5.48. The van der Waals surface area contributed by atoms with Gasteiger partial charge >= 0.3 is 17.8 Å². The molecule has 1 unspecified atom stereocenters. The van der Waals surface area contributed by atoms with Crippen molar-refractivity contribution >= 4 is 29.2 Å². The standard InChI is InChI=1S/C24H21Cl2F3N6O4/c1-13(39-14(2)36)21-30-20(31-35(21)18-5-3-4-17(26)10-18)12-34-23(38)33(11-19(37)24(27,28)29)22(32-34)15-6-8-16(25)9-7-15/h3-10,13,19,37H,11-12H2,1-2H3/t13?,19-/m0/s1. The minimum absolute atomic E-state index is 0.0507. The van der Waals surface area contributed by atoms with E-state index in [1.807, 2.05) is 0 Å². The molecule has 2 heterocycles. The predicted octanol–water partition coefficient (Wildman–Crippen LogP) is 4.19. The van der Waals surface area contributed by atoms with Crippen LogP contribution in [0, 0.1) is 0 Å². The number of hydrogen-bond donors (Lipinski definition) is 1. The highest BCUT2D eigenvalue weighted by Gasteiger charge is 2.39. The Morgan fingerprint density at radius 2 is 1.79 bits per heavy atom. The van der Waals surface area contributed by atoms with Crippen molar-refractivity contribution in [3.8, 4) is 17.1 Å². The van der Waals surface area contributed by atoms with E-state index in [0.717, 1.165) is 9.25 Å². The van der Waals surface area contributed by atoms with E-state index in [2.05, 4.69) is 15.2 Å². The summed E-state index contributed by atoms with van der Waals surface area (Å²) in [7, 11) is 0. The largest absolute Gasteiger partial charge is 0.455 e. The topological polar surface area (TPSA) is 117 Å². The number of alkyl halides is 3. The average Bonchev–Trinajstić information content (AvgIpc) is 3.41. The lowest BCUT2D eigenvalue weighted by atomic mass is 10.2. The van der Waals surface area contributed by atoms with Crippen LogP contribution in [0.15, 0.2) is 53.3 Å². The second-order valence-electron chi connectivity index (χ2n) is 8.47. The molecular weight excluding hydrogens is 564 g/mol. The van der Waals surface area contributed by atoms with E-state index in [1.54, 1.807) is 31.2 Å². The van der Waals surface area contributed by atoms with Crippen LogP contribution in [0.2, 0.25) is 10.0 Å². The number of ether oxygens (including phenoxy) is 1. The Hall–Kier alpha value is -3.68. The number of hydrogen-bond acceptors (Lipinski definition) is 7. The lowest BCUT2D eigenvalue weighted by Crippen LogP contribution is -2.37. The molecule has 2 aromatic carbocycles. The first-order valence-corrected chi connectivity index (χ1v) is 12.2. The molecule has 0 amide bonds. The molecule has 1 N–H and O–H groups in total. The molecule has 0 fully saturated rings. The molecule has 206 valence electrons. The third kappa shape index (κ3) is 6.49. The van der Waals surface area contributed by atoms with E-state index in [9.17, 15) is 27.9 Å². The van der Waals surface area contributed by atoms with Crippen LogP contribution in [0.4, 0.5) is 13.2 Å². The maximum absolute atomic E-state index is 13.2. The maximum Gasteiger partial charge on any atom is 0.416 e. The van der Waals surface area contributed by atoms with Crippen molar-refractivity contribution in [2.45, 2.75) is 45.3 Å². The second-order valence-corrected chi connectivity index (χ2v) is 9.34. The van der Waals surface area contributed by atoms with Crippen molar-refractivity contribution < 1.29 is 27.8 Å². The number of nitrogens with zero attached hydrogens (tertiary/aromatic N) is 6. The van der Waals surface area contributed by atoms with E-state index >= 15 is 0 Å². The Labute approximate surface area is 229 Å². The first kappa shape index (κ1) is 28.3. The normalized spacial score (nSPS) is 13.3. The molecule has 0 radical (unpaired) electrons. The van der Waals surface area contributed by atoms with Crippen LogP contribution in [-0.4, -0.2) is 52.5 Å². The fourth-order valence-corrected chi connectivity index (χ4v) is 4.04. The fourth-order valence-electron chi connectivity index (χ4n) is 3.73. The van der Waals surface area contributed by atoms with Crippen LogP contribution in [0.3, 0.4) is 0 Å². The molecule has 0 saturated heterocycles. The maximum atomic E-state index is 13.2. The summed E-state index contributed by atoms with van der Waals surface area (Å²) in [6, 6.07) is 12.6. The molecule has 4 aromatic rings. The first-order valence-electron chi connectivity index (χ1n) is 11.4. The first-order chi connectivity index (χ1) is 18.3. The third-order valence-corrected chi connectivity index (χ3v) is 5.97. The molecule has 0 aliphatic carbocycles. The highest BCUT2D eigenvalue weighted by molar-refractivity contribution is 6.31. The van der Waals surface area contributed by atoms with Gasteiger partial charge in [0.2, 0.25) is 0 Å². The van der Waals surface area contributed by atoms with Gasteiger partial charge in [-0.15, -0.1) is 10.2 Å². The summed E-state index contributed by atoms with van der Waals surface area (Å²) in [6.45, 7) is 1.38. The van der Waals surface area contributed by atoms with Gasteiger partial charge in [0.25, 0.3) is 0 Å². The molecule has 0 saturated carbocycles. The summed E-state index contributed by atoms with van der Waals surface area (Å²) in [6.07, 6.45) is -8.61. The van der Waals surface area contributed by atoms with Crippen molar-refractivity contribution in [2.75, 3.05) is 0 Å². The van der Waals surface area contributed by atoms with Gasteiger partial charge in [0.05, 0.1) is 12.2 Å². The average molecular weight is 585 g/mol. The highest BCUT2D eigenvalue weighted by Crippen LogP contribution is 2.25. The van der Waals surface area contributed by atoms with Gasteiger partial charge in [-0.05, 0) is 49.4 Å². The number of carbonyl (C=O) groups is 1. The van der Waals surface area contributed by atoms with E-state index in [4.69, 9.17) is 27.9 Å². The highest BCUT2D eigenvalue weighted by atomic mass is 35.5. The Balaban J connectivity index is 1.78. The molecule has 10 nitrogen and oxygen atoms in total. The summed E-state index contributed by atoms with van der Waals surface area (Å²) in [5.41, 5.74) is -0.147. The van der Waals surface area contributed by atoms with Gasteiger partial charge in [-0.25, -0.2) is 19.1 Å². The minimum Gasteiger partial charge on any atom is -0.455 e. The molecule has 39 heavy (non-hydrogen) atoms. The van der Waals surface area contributed by atoms with Crippen molar-refractivity contribution in [3.63, 3.8) is 0 Å². The van der Waals surface area contributed by atoms with Crippen LogP contribution < -0.4 is 5.69 Å². The molecule has 15 heteroatoms. The zero-order valence-corrected chi connectivity index (χ0v) is 21.9. The Morgan fingerprint density at radius 3 is 2.41 bits per heavy atom. The quantitative estimate of drug-likeness (QED) is 0.308. The van der Waals surface area contributed by atoms with Crippen LogP contribution >= 0.6 is 23.2 Å². The predicted molar refractivity (Wildman–Crippen MR) is 135 cm³/mol. The zero-order valence-electron chi connectivity index (χ0n) is 20.4. The smallest absolute Gasteiger partial charge is 0.416 e. The SMILES string of the molecule is CC(=O)OC(C)c1nc(Cn2nc(-c3ccc(Cl)cc3)n(C[C@H](O)C(F)(F)F)c2=O)nn1-c1cccc(Cl)c1. The lowest BCUT2D eigenvalue weighted by molar-refractivity contribution is -0.207. The molecule has 0 aliphatic rings. The Morgan fingerprint density at radius 1 is 1.10 bits per heavy atom. The summed E-state index contributed by atoms with van der Waals surface area (Å²) < 4.78 is 47.6. The molecule has 0 aliphatic heterocycles. The number of aromatic nitrogens is 6. The van der Waals surface area contributed by atoms with Gasteiger partial charge in [0, 0.05) is 22.5 Å². The van der Waals surface area contributed by atoms with Crippen LogP contribution in [0.1, 0.15) is 31.6 Å². The fraction of sp³-hybridized carbons (Fsp3) is 0.292. The van der Waals surface area contributed by atoms with Crippen LogP contribution in [0.25, 0.3) is 17.1 Å². The van der Waals surface area contributed by atoms with Gasteiger partial charge < -0.3 is 9.84 Å². The minimum atomic E-state index is -4.96. The van der Waals surface area contributed by atoms with Gasteiger partial charge in [-0.1, -0.05) is 29.3 Å². The van der Waals surface area contributed by atoms with Crippen LogP contribution in [0.5, 0.6) is 0 Å². The summed E-state index contributed by atoms with van der Waals surface area (Å²) >= 11 is 12.0. The Bertz CT molecular complexity index is 1550. The van der Waals surface area contributed by atoms with E-state index in [-0.39, 0.29) is 24.0 Å². The van der Waals surface area contributed by atoms with E-state index < -0.39 is 36.6 Å². The number of aliphatic hydroxyl groups excluding tert-OH is 1. The van der Waals surface area contributed by atoms with E-state index in [0.29, 0.717) is 21.3 Å². The van der Waals surface area contributed by atoms with Crippen molar-refractivity contribution in [1.29, 1.82) is 0 Å². The number of carbonyl (C=O) groups excluding carboxylic acids is 1. The van der Waals surface area contributed by atoms with Crippen molar-refractivity contribution in [3.05, 3.63) is 80.7 Å². The number of benzene rings is 2. The monoisotopic (exact) mass is 584 g/mol. The van der Waals surface area contributed by atoms with Crippen LogP contribution in [-0.2, 0) is 22.6 Å². The van der Waals surface area contributed by atoms with Crippen molar-refractivity contribution in [1.82, 2.24) is 29.1 Å². The molecular formula is C24H21Cl2F3N6O4. The summed E-state index contributed by atoms with van der Waals surface area (Å²) in [4.78, 5) is 29.2. The zero-order chi connectivity index (χ0) is 28.5. The van der Waals surface area contributed by atoms with Gasteiger partial charge in [0.1, 0.15) is 6.54 Å². The summed E-state index contributed by atoms with van der Waals surface area (Å²) in [5.74, 6) is -0.423. The van der Waals surface area contributed by atoms with Gasteiger partial charge in [0.15, 0.2) is 29.7 Å². The number of rotatable bonds is 8. The van der Waals surface area contributed by atoms with Crippen molar-refractivity contribution in [2.24, 2.45) is 0 Å². The molecule has 0 spiro atoms. The molecule has 2 aromatic heterocycles. The Kier molecular flexibility index (Phi) is 8.14. The number of halogens is 5. The van der Waals surface area contributed by atoms with Gasteiger partial charge in [-0.3, -0.25) is 9.36 Å². The van der Waals surface area contributed by atoms with Gasteiger partial charge in [-0.2, -0.15) is 13.2 Å². The molecule has 0 bridgehead atoms. The molecule has 2 atom stereocenters.